The first kappa shape index (κ1) is 14.0. The molecule has 0 spiro atoms. The Balaban J connectivity index is 2.64. The molecular formula is C14H24N2O. The number of amides is 1. The number of likely N-dealkylation sites (tertiary alicyclic amines) is 1. The van der Waals surface area contributed by atoms with Crippen LogP contribution in [0, 0.1) is 5.92 Å². The number of likely N-dealkylation sites (N-methyl/N-ethyl adjacent to an activating group) is 1. The fourth-order valence-electron chi connectivity index (χ4n) is 2.51. The molecule has 96 valence electrons. The SMILES string of the molecule is C=CCC(CC=C)C(=O)N1CCCC1CNC. The van der Waals surface area contributed by atoms with Gasteiger partial charge in [0, 0.05) is 25.0 Å². The maximum atomic E-state index is 12.4. The van der Waals surface area contributed by atoms with Gasteiger partial charge in [0.1, 0.15) is 0 Å². The van der Waals surface area contributed by atoms with Gasteiger partial charge in [0.05, 0.1) is 0 Å². The van der Waals surface area contributed by atoms with E-state index in [0.717, 1.165) is 38.8 Å². The monoisotopic (exact) mass is 236 g/mol. The van der Waals surface area contributed by atoms with E-state index in [1.807, 2.05) is 24.1 Å². The first-order valence-corrected chi connectivity index (χ1v) is 6.41. The Kier molecular flexibility index (Phi) is 5.98. The Morgan fingerprint density at radius 2 is 2.12 bits per heavy atom. The Hall–Kier alpha value is -1.09. The quantitative estimate of drug-likeness (QED) is 0.685. The van der Waals surface area contributed by atoms with E-state index in [9.17, 15) is 4.79 Å². The highest BCUT2D eigenvalue weighted by Gasteiger charge is 2.31. The van der Waals surface area contributed by atoms with Crippen LogP contribution in [0.4, 0.5) is 0 Å². The molecule has 17 heavy (non-hydrogen) atoms. The first-order chi connectivity index (χ1) is 8.24. The lowest BCUT2D eigenvalue weighted by molar-refractivity contribution is -0.136. The molecule has 0 aromatic carbocycles. The van der Waals surface area contributed by atoms with Gasteiger partial charge in [-0.3, -0.25) is 4.79 Å². The summed E-state index contributed by atoms with van der Waals surface area (Å²) in [6, 6.07) is 0.365. The Morgan fingerprint density at radius 3 is 2.65 bits per heavy atom. The second-order valence-corrected chi connectivity index (χ2v) is 4.63. The van der Waals surface area contributed by atoms with Crippen molar-refractivity contribution in [3.63, 3.8) is 0 Å². The molecule has 1 unspecified atom stereocenters. The molecule has 3 heteroatoms. The summed E-state index contributed by atoms with van der Waals surface area (Å²) in [6.45, 7) is 9.25. The fraction of sp³-hybridized carbons (Fsp3) is 0.643. The van der Waals surface area contributed by atoms with E-state index in [2.05, 4.69) is 18.5 Å². The van der Waals surface area contributed by atoms with Gasteiger partial charge in [-0.25, -0.2) is 0 Å². The Bertz CT molecular complexity index is 265. The molecule has 1 aliphatic rings. The summed E-state index contributed by atoms with van der Waals surface area (Å²) in [5, 5.41) is 3.16. The van der Waals surface area contributed by atoms with Gasteiger partial charge in [-0.15, -0.1) is 13.2 Å². The summed E-state index contributed by atoms with van der Waals surface area (Å²) in [5.74, 6) is 0.296. The van der Waals surface area contributed by atoms with Crippen LogP contribution in [0.15, 0.2) is 25.3 Å². The van der Waals surface area contributed by atoms with Crippen LogP contribution in [-0.4, -0.2) is 37.0 Å². The van der Waals surface area contributed by atoms with Crippen molar-refractivity contribution in [2.75, 3.05) is 20.1 Å². The average Bonchev–Trinajstić information content (AvgIpc) is 2.77. The lowest BCUT2D eigenvalue weighted by Gasteiger charge is -2.28. The summed E-state index contributed by atoms with van der Waals surface area (Å²) in [4.78, 5) is 14.4. The second kappa shape index (κ2) is 7.28. The van der Waals surface area contributed by atoms with Gasteiger partial charge in [0.25, 0.3) is 0 Å². The lowest BCUT2D eigenvalue weighted by Crippen LogP contribution is -2.43. The summed E-state index contributed by atoms with van der Waals surface area (Å²) >= 11 is 0. The third-order valence-corrected chi connectivity index (χ3v) is 3.35. The molecule has 1 fully saturated rings. The number of carbonyl (C=O) groups excluding carboxylic acids is 1. The second-order valence-electron chi connectivity index (χ2n) is 4.63. The van der Waals surface area contributed by atoms with Crippen molar-refractivity contribution in [3.8, 4) is 0 Å². The average molecular weight is 236 g/mol. The van der Waals surface area contributed by atoms with Crippen LogP contribution in [0.2, 0.25) is 0 Å². The maximum Gasteiger partial charge on any atom is 0.226 e. The van der Waals surface area contributed by atoms with Crippen molar-refractivity contribution >= 4 is 5.91 Å². The number of hydrogen-bond acceptors (Lipinski definition) is 2. The predicted molar refractivity (Wildman–Crippen MR) is 71.8 cm³/mol. The van der Waals surface area contributed by atoms with Crippen LogP contribution in [-0.2, 0) is 4.79 Å². The van der Waals surface area contributed by atoms with Crippen molar-refractivity contribution < 1.29 is 4.79 Å². The molecule has 0 aromatic rings. The van der Waals surface area contributed by atoms with Crippen LogP contribution in [0.1, 0.15) is 25.7 Å². The number of nitrogens with one attached hydrogen (secondary N) is 1. The Labute approximate surface area is 105 Å². The molecule has 1 saturated heterocycles. The summed E-state index contributed by atoms with van der Waals surface area (Å²) in [7, 11) is 1.94. The molecule has 0 bridgehead atoms. The van der Waals surface area contributed by atoms with Crippen LogP contribution in [0.5, 0.6) is 0 Å². The molecule has 1 N–H and O–H groups in total. The summed E-state index contributed by atoms with van der Waals surface area (Å²) in [6.07, 6.45) is 7.38. The van der Waals surface area contributed by atoms with E-state index in [1.54, 1.807) is 0 Å². The molecule has 1 heterocycles. The number of carbonyl (C=O) groups is 1. The first-order valence-electron chi connectivity index (χ1n) is 6.41. The van der Waals surface area contributed by atoms with E-state index in [-0.39, 0.29) is 11.8 Å². The normalized spacial score (nSPS) is 19.6. The van der Waals surface area contributed by atoms with Gasteiger partial charge >= 0.3 is 0 Å². The largest absolute Gasteiger partial charge is 0.338 e. The van der Waals surface area contributed by atoms with Crippen LogP contribution < -0.4 is 5.32 Å². The lowest BCUT2D eigenvalue weighted by atomic mass is 9.99. The zero-order valence-corrected chi connectivity index (χ0v) is 10.8. The predicted octanol–water partition coefficient (Wildman–Crippen LogP) is 1.97. The van der Waals surface area contributed by atoms with Crippen molar-refractivity contribution in [3.05, 3.63) is 25.3 Å². The van der Waals surface area contributed by atoms with Crippen molar-refractivity contribution in [1.29, 1.82) is 0 Å². The van der Waals surface area contributed by atoms with E-state index < -0.39 is 0 Å². The summed E-state index contributed by atoms with van der Waals surface area (Å²) in [5.41, 5.74) is 0. The van der Waals surface area contributed by atoms with E-state index in [0.29, 0.717) is 6.04 Å². The molecule has 0 radical (unpaired) electrons. The minimum absolute atomic E-state index is 0.0301. The van der Waals surface area contributed by atoms with Gasteiger partial charge in [-0.2, -0.15) is 0 Å². The minimum Gasteiger partial charge on any atom is -0.338 e. The van der Waals surface area contributed by atoms with Gasteiger partial charge in [0.15, 0.2) is 0 Å². The highest BCUT2D eigenvalue weighted by molar-refractivity contribution is 5.79. The number of rotatable bonds is 7. The molecule has 0 aromatic heterocycles. The zero-order chi connectivity index (χ0) is 12.7. The molecule has 1 atom stereocenters. The third-order valence-electron chi connectivity index (χ3n) is 3.35. The summed E-state index contributed by atoms with van der Waals surface area (Å²) < 4.78 is 0. The van der Waals surface area contributed by atoms with E-state index >= 15 is 0 Å². The zero-order valence-electron chi connectivity index (χ0n) is 10.8. The maximum absolute atomic E-state index is 12.4. The highest BCUT2D eigenvalue weighted by Crippen LogP contribution is 2.22. The van der Waals surface area contributed by atoms with Gasteiger partial charge < -0.3 is 10.2 Å². The Morgan fingerprint density at radius 1 is 1.47 bits per heavy atom. The highest BCUT2D eigenvalue weighted by atomic mass is 16.2. The molecule has 3 nitrogen and oxygen atoms in total. The van der Waals surface area contributed by atoms with Crippen LogP contribution in [0.25, 0.3) is 0 Å². The van der Waals surface area contributed by atoms with Crippen molar-refractivity contribution in [1.82, 2.24) is 10.2 Å². The van der Waals surface area contributed by atoms with Gasteiger partial charge in [-0.05, 0) is 32.7 Å². The number of allylic oxidation sites excluding steroid dienone is 2. The van der Waals surface area contributed by atoms with Gasteiger partial charge in [-0.1, -0.05) is 12.2 Å². The minimum atomic E-state index is 0.0301. The van der Waals surface area contributed by atoms with Crippen LogP contribution >= 0.6 is 0 Å². The number of hydrogen-bond donors (Lipinski definition) is 1. The fourth-order valence-corrected chi connectivity index (χ4v) is 2.51. The molecule has 1 amide bonds. The van der Waals surface area contributed by atoms with Crippen LogP contribution in [0.3, 0.4) is 0 Å². The molecule has 1 rings (SSSR count). The van der Waals surface area contributed by atoms with Gasteiger partial charge in [0.2, 0.25) is 5.91 Å². The topological polar surface area (TPSA) is 32.3 Å². The van der Waals surface area contributed by atoms with Crippen molar-refractivity contribution in [2.45, 2.75) is 31.7 Å². The molecule has 0 saturated carbocycles. The number of nitrogens with zero attached hydrogens (tertiary/aromatic N) is 1. The standard InChI is InChI=1S/C14H24N2O/c1-4-7-12(8-5-2)14(17)16-10-6-9-13(16)11-15-3/h4-5,12-13,15H,1-2,6-11H2,3H3. The van der Waals surface area contributed by atoms with Crippen molar-refractivity contribution in [2.24, 2.45) is 5.92 Å². The van der Waals surface area contributed by atoms with E-state index in [1.165, 1.54) is 0 Å². The molecule has 1 aliphatic heterocycles. The van der Waals surface area contributed by atoms with E-state index in [4.69, 9.17) is 0 Å². The molecule has 0 aliphatic carbocycles. The third kappa shape index (κ3) is 3.70. The smallest absolute Gasteiger partial charge is 0.226 e. The molecular weight excluding hydrogens is 212 g/mol.